The fourth-order valence-corrected chi connectivity index (χ4v) is 2.94. The molecular weight excluding hydrogens is 304 g/mol. The Labute approximate surface area is 145 Å². The fraction of sp³-hybridized carbons (Fsp3) is 0.833. The minimum atomic E-state index is -0.103. The number of rotatable bonds is 7. The van der Waals surface area contributed by atoms with Crippen LogP contribution < -0.4 is 5.32 Å². The van der Waals surface area contributed by atoms with Crippen molar-refractivity contribution in [1.82, 2.24) is 20.4 Å². The van der Waals surface area contributed by atoms with Gasteiger partial charge < -0.3 is 14.7 Å². The first-order chi connectivity index (χ1) is 11.4. The molecule has 2 heterocycles. The van der Waals surface area contributed by atoms with Crippen molar-refractivity contribution in [3.8, 4) is 0 Å². The third-order valence-corrected chi connectivity index (χ3v) is 4.57. The maximum Gasteiger partial charge on any atom is 0.226 e. The van der Waals surface area contributed by atoms with Crippen LogP contribution >= 0.6 is 0 Å². The Morgan fingerprint density at radius 2 is 2.04 bits per heavy atom. The summed E-state index contributed by atoms with van der Waals surface area (Å²) in [4.78, 5) is 18.7. The molecule has 0 saturated carbocycles. The maximum absolute atomic E-state index is 12.3. The quantitative estimate of drug-likeness (QED) is 0.828. The SMILES string of the molecule is CCNCC1CCN(C(=O)CCCc2nc(C(C)(C)C)no2)CC1. The molecule has 1 saturated heterocycles. The molecule has 0 aromatic carbocycles. The zero-order chi connectivity index (χ0) is 17.6. The number of likely N-dealkylation sites (tertiary alicyclic amines) is 1. The van der Waals surface area contributed by atoms with E-state index < -0.39 is 0 Å². The van der Waals surface area contributed by atoms with Gasteiger partial charge in [-0.2, -0.15) is 4.98 Å². The summed E-state index contributed by atoms with van der Waals surface area (Å²) in [6.07, 6.45) is 4.22. The number of nitrogens with zero attached hydrogens (tertiary/aromatic N) is 3. The molecule has 1 aromatic heterocycles. The molecule has 0 atom stereocenters. The van der Waals surface area contributed by atoms with Crippen molar-refractivity contribution in [2.75, 3.05) is 26.2 Å². The Balaban J connectivity index is 1.68. The van der Waals surface area contributed by atoms with E-state index in [9.17, 15) is 4.79 Å². The first-order valence-electron chi connectivity index (χ1n) is 9.21. The largest absolute Gasteiger partial charge is 0.343 e. The standard InChI is InChI=1S/C18H32N4O2/c1-5-19-13-14-9-11-22(12-10-14)16(23)8-6-7-15-20-17(21-24-15)18(2,3)4/h14,19H,5-13H2,1-4H3. The Bertz CT molecular complexity index is 513. The van der Waals surface area contributed by atoms with E-state index in [1.807, 2.05) is 4.90 Å². The van der Waals surface area contributed by atoms with Crippen LogP contribution in [0.3, 0.4) is 0 Å². The average molecular weight is 336 g/mol. The number of aryl methyl sites for hydroxylation is 1. The molecule has 6 nitrogen and oxygen atoms in total. The lowest BCUT2D eigenvalue weighted by Crippen LogP contribution is -2.40. The van der Waals surface area contributed by atoms with Gasteiger partial charge in [0.15, 0.2) is 5.82 Å². The highest BCUT2D eigenvalue weighted by molar-refractivity contribution is 5.76. The molecule has 1 amide bonds. The predicted molar refractivity (Wildman–Crippen MR) is 93.8 cm³/mol. The molecule has 1 fully saturated rings. The average Bonchev–Trinajstić information content (AvgIpc) is 3.02. The Morgan fingerprint density at radius 1 is 1.33 bits per heavy atom. The maximum atomic E-state index is 12.3. The molecule has 0 aliphatic carbocycles. The van der Waals surface area contributed by atoms with Gasteiger partial charge >= 0.3 is 0 Å². The van der Waals surface area contributed by atoms with E-state index in [4.69, 9.17) is 4.52 Å². The number of hydrogen-bond acceptors (Lipinski definition) is 5. The third kappa shape index (κ3) is 5.58. The van der Waals surface area contributed by atoms with Crippen molar-refractivity contribution >= 4 is 5.91 Å². The molecule has 0 spiro atoms. The number of amides is 1. The van der Waals surface area contributed by atoms with Crippen molar-refractivity contribution in [3.05, 3.63) is 11.7 Å². The fourth-order valence-electron chi connectivity index (χ4n) is 2.94. The van der Waals surface area contributed by atoms with Gasteiger partial charge in [0.05, 0.1) is 0 Å². The number of nitrogens with one attached hydrogen (secondary N) is 1. The number of carbonyl (C=O) groups is 1. The molecule has 1 aromatic rings. The molecule has 6 heteroatoms. The molecule has 0 bridgehead atoms. The zero-order valence-electron chi connectivity index (χ0n) is 15.6. The minimum absolute atomic E-state index is 0.103. The van der Waals surface area contributed by atoms with E-state index in [1.165, 1.54) is 0 Å². The number of piperidine rings is 1. The summed E-state index contributed by atoms with van der Waals surface area (Å²) in [7, 11) is 0. The second kappa shape index (κ2) is 8.60. The highest BCUT2D eigenvalue weighted by atomic mass is 16.5. The second-order valence-corrected chi connectivity index (χ2v) is 7.75. The van der Waals surface area contributed by atoms with Crippen LogP contribution in [0.1, 0.15) is 65.1 Å². The van der Waals surface area contributed by atoms with Crippen LogP contribution in [-0.2, 0) is 16.6 Å². The Morgan fingerprint density at radius 3 is 2.62 bits per heavy atom. The van der Waals surface area contributed by atoms with Crippen molar-refractivity contribution in [2.24, 2.45) is 5.92 Å². The molecule has 0 unspecified atom stereocenters. The third-order valence-electron chi connectivity index (χ3n) is 4.57. The molecule has 24 heavy (non-hydrogen) atoms. The highest BCUT2D eigenvalue weighted by Crippen LogP contribution is 2.20. The van der Waals surface area contributed by atoms with Gasteiger partial charge in [0, 0.05) is 31.3 Å². The molecule has 2 rings (SSSR count). The minimum Gasteiger partial charge on any atom is -0.343 e. The lowest BCUT2D eigenvalue weighted by Gasteiger charge is -2.32. The normalized spacial score (nSPS) is 16.6. The van der Waals surface area contributed by atoms with Gasteiger partial charge in [0.1, 0.15) is 0 Å². The zero-order valence-corrected chi connectivity index (χ0v) is 15.6. The van der Waals surface area contributed by atoms with Gasteiger partial charge in [-0.25, -0.2) is 0 Å². The van der Waals surface area contributed by atoms with Crippen molar-refractivity contribution in [2.45, 2.75) is 65.2 Å². The summed E-state index contributed by atoms with van der Waals surface area (Å²) in [5.41, 5.74) is -0.103. The molecule has 1 aliphatic heterocycles. The Kier molecular flexibility index (Phi) is 6.78. The van der Waals surface area contributed by atoms with E-state index in [0.717, 1.165) is 51.3 Å². The van der Waals surface area contributed by atoms with Crippen LogP contribution in [0.15, 0.2) is 4.52 Å². The van der Waals surface area contributed by atoms with Crippen LogP contribution in [0.4, 0.5) is 0 Å². The topological polar surface area (TPSA) is 71.3 Å². The molecule has 0 radical (unpaired) electrons. The van der Waals surface area contributed by atoms with Gasteiger partial charge in [-0.3, -0.25) is 4.79 Å². The lowest BCUT2D eigenvalue weighted by molar-refractivity contribution is -0.132. The second-order valence-electron chi connectivity index (χ2n) is 7.75. The van der Waals surface area contributed by atoms with Crippen molar-refractivity contribution in [1.29, 1.82) is 0 Å². The number of carbonyl (C=O) groups excluding carboxylic acids is 1. The van der Waals surface area contributed by atoms with Gasteiger partial charge in [-0.1, -0.05) is 32.9 Å². The van der Waals surface area contributed by atoms with Gasteiger partial charge in [0.2, 0.25) is 11.8 Å². The summed E-state index contributed by atoms with van der Waals surface area (Å²) in [6, 6.07) is 0. The molecule has 1 aliphatic rings. The van der Waals surface area contributed by atoms with E-state index in [2.05, 4.69) is 43.2 Å². The van der Waals surface area contributed by atoms with E-state index in [1.54, 1.807) is 0 Å². The lowest BCUT2D eigenvalue weighted by atomic mass is 9.96. The molecular formula is C18H32N4O2. The summed E-state index contributed by atoms with van der Waals surface area (Å²) < 4.78 is 5.28. The van der Waals surface area contributed by atoms with Gasteiger partial charge in [0.25, 0.3) is 0 Å². The predicted octanol–water partition coefficient (Wildman–Crippen LogP) is 2.54. The molecule has 136 valence electrons. The van der Waals surface area contributed by atoms with E-state index >= 15 is 0 Å². The number of aromatic nitrogens is 2. The smallest absolute Gasteiger partial charge is 0.226 e. The summed E-state index contributed by atoms with van der Waals surface area (Å²) in [5, 5.41) is 7.42. The van der Waals surface area contributed by atoms with Crippen LogP contribution in [0.25, 0.3) is 0 Å². The van der Waals surface area contributed by atoms with Crippen LogP contribution in [0, 0.1) is 5.92 Å². The van der Waals surface area contributed by atoms with Crippen molar-refractivity contribution in [3.63, 3.8) is 0 Å². The summed E-state index contributed by atoms with van der Waals surface area (Å²) in [5.74, 6) is 2.33. The van der Waals surface area contributed by atoms with Crippen molar-refractivity contribution < 1.29 is 9.32 Å². The summed E-state index contributed by atoms with van der Waals surface area (Å²) >= 11 is 0. The van der Waals surface area contributed by atoms with E-state index in [0.29, 0.717) is 24.7 Å². The Hall–Kier alpha value is -1.43. The highest BCUT2D eigenvalue weighted by Gasteiger charge is 2.23. The van der Waals surface area contributed by atoms with E-state index in [-0.39, 0.29) is 11.3 Å². The van der Waals surface area contributed by atoms with Crippen LogP contribution in [-0.4, -0.2) is 47.1 Å². The summed E-state index contributed by atoms with van der Waals surface area (Å²) in [6.45, 7) is 12.2. The van der Waals surface area contributed by atoms with Crippen LogP contribution in [0.5, 0.6) is 0 Å². The first kappa shape index (κ1) is 18.9. The first-order valence-corrected chi connectivity index (χ1v) is 9.21. The number of hydrogen-bond donors (Lipinski definition) is 1. The monoisotopic (exact) mass is 336 g/mol. The van der Waals surface area contributed by atoms with Gasteiger partial charge in [-0.15, -0.1) is 0 Å². The molecule has 1 N–H and O–H groups in total. The van der Waals surface area contributed by atoms with Crippen LogP contribution in [0.2, 0.25) is 0 Å². The van der Waals surface area contributed by atoms with Gasteiger partial charge in [-0.05, 0) is 38.3 Å².